The van der Waals surface area contributed by atoms with Gasteiger partial charge in [-0.05, 0) is 43.4 Å². The molecular weight excluding hydrogens is 250 g/mol. The highest BCUT2D eigenvalue weighted by atomic mass is 16.5. The number of likely N-dealkylation sites (tertiary alicyclic amines) is 1. The van der Waals surface area contributed by atoms with Crippen LogP contribution in [0.15, 0.2) is 0 Å². The van der Waals surface area contributed by atoms with Crippen molar-refractivity contribution in [3.63, 3.8) is 0 Å². The molecular formula is C17H31NO2. The van der Waals surface area contributed by atoms with Crippen LogP contribution < -0.4 is 0 Å². The second-order valence-electron chi connectivity index (χ2n) is 7.23. The molecule has 0 radical (unpaired) electrons. The molecule has 3 atom stereocenters. The van der Waals surface area contributed by atoms with Crippen LogP contribution in [0.2, 0.25) is 0 Å². The van der Waals surface area contributed by atoms with Crippen LogP contribution in [0.4, 0.5) is 0 Å². The Morgan fingerprint density at radius 1 is 1.15 bits per heavy atom. The van der Waals surface area contributed by atoms with E-state index in [0.717, 1.165) is 32.6 Å². The Hall–Kier alpha value is -0.570. The summed E-state index contributed by atoms with van der Waals surface area (Å²) in [4.78, 5) is 15.3. The number of carbonyl (C=O) groups is 1. The maximum Gasteiger partial charge on any atom is 0.226 e. The number of hydrogen-bond donors (Lipinski definition) is 0. The summed E-state index contributed by atoms with van der Waals surface area (Å²) in [6, 6.07) is 0.452. The molecule has 2 aliphatic rings. The molecule has 2 saturated heterocycles. The summed E-state index contributed by atoms with van der Waals surface area (Å²) in [5, 5.41) is 0. The van der Waals surface area contributed by atoms with Crippen LogP contribution in [0.5, 0.6) is 0 Å². The van der Waals surface area contributed by atoms with Crippen LogP contribution in [0.25, 0.3) is 0 Å². The highest BCUT2D eigenvalue weighted by Gasteiger charge is 2.39. The van der Waals surface area contributed by atoms with E-state index < -0.39 is 0 Å². The van der Waals surface area contributed by atoms with Gasteiger partial charge < -0.3 is 9.64 Å². The van der Waals surface area contributed by atoms with E-state index in [0.29, 0.717) is 29.7 Å². The molecule has 0 aliphatic carbocycles. The minimum Gasteiger partial charge on any atom is -0.381 e. The van der Waals surface area contributed by atoms with Gasteiger partial charge in [0.25, 0.3) is 0 Å². The first-order chi connectivity index (χ1) is 9.52. The molecule has 0 saturated carbocycles. The van der Waals surface area contributed by atoms with E-state index in [2.05, 4.69) is 32.6 Å². The summed E-state index contributed by atoms with van der Waals surface area (Å²) >= 11 is 0. The van der Waals surface area contributed by atoms with E-state index >= 15 is 0 Å². The summed E-state index contributed by atoms with van der Waals surface area (Å²) < 4.78 is 5.63. The molecule has 1 amide bonds. The predicted molar refractivity (Wildman–Crippen MR) is 81.4 cm³/mol. The van der Waals surface area contributed by atoms with E-state index in [1.807, 2.05) is 0 Å². The highest BCUT2D eigenvalue weighted by Crippen LogP contribution is 2.33. The van der Waals surface area contributed by atoms with Crippen LogP contribution in [0.1, 0.15) is 53.4 Å². The quantitative estimate of drug-likeness (QED) is 0.791. The minimum absolute atomic E-state index is 0.148. The molecule has 2 heterocycles. The Morgan fingerprint density at radius 2 is 1.90 bits per heavy atom. The first kappa shape index (κ1) is 15.8. The lowest BCUT2D eigenvalue weighted by Crippen LogP contribution is -2.46. The van der Waals surface area contributed by atoms with Crippen molar-refractivity contribution in [2.24, 2.45) is 23.7 Å². The second-order valence-corrected chi connectivity index (χ2v) is 7.23. The Morgan fingerprint density at radius 3 is 2.45 bits per heavy atom. The molecule has 3 heteroatoms. The summed E-state index contributed by atoms with van der Waals surface area (Å²) in [5.41, 5.74) is 0. The Balaban J connectivity index is 2.10. The van der Waals surface area contributed by atoms with Crippen LogP contribution in [0, 0.1) is 23.7 Å². The summed E-state index contributed by atoms with van der Waals surface area (Å²) in [5.74, 6) is 1.94. The Kier molecular flexibility index (Phi) is 5.48. The molecule has 2 rings (SSSR count). The lowest BCUT2D eigenvalue weighted by atomic mass is 9.79. The smallest absolute Gasteiger partial charge is 0.226 e. The second kappa shape index (κ2) is 6.93. The molecule has 0 aromatic rings. The fourth-order valence-corrected chi connectivity index (χ4v) is 4.03. The molecule has 3 nitrogen and oxygen atoms in total. The molecule has 20 heavy (non-hydrogen) atoms. The molecule has 116 valence electrons. The topological polar surface area (TPSA) is 29.5 Å². The van der Waals surface area contributed by atoms with Gasteiger partial charge >= 0.3 is 0 Å². The van der Waals surface area contributed by atoms with Gasteiger partial charge in [-0.1, -0.05) is 27.7 Å². The first-order valence-corrected chi connectivity index (χ1v) is 8.40. The largest absolute Gasteiger partial charge is 0.381 e. The molecule has 2 aliphatic heterocycles. The number of carbonyl (C=O) groups excluding carboxylic acids is 1. The van der Waals surface area contributed by atoms with Gasteiger partial charge in [0, 0.05) is 25.1 Å². The maximum atomic E-state index is 13.1. The van der Waals surface area contributed by atoms with Gasteiger partial charge in [-0.25, -0.2) is 0 Å². The van der Waals surface area contributed by atoms with Crippen LogP contribution in [-0.2, 0) is 9.53 Å². The Labute approximate surface area is 124 Å². The summed E-state index contributed by atoms with van der Waals surface area (Å²) in [6.07, 6.45) is 4.60. The van der Waals surface area contributed by atoms with Gasteiger partial charge in [0.05, 0.1) is 6.61 Å². The van der Waals surface area contributed by atoms with Crippen LogP contribution >= 0.6 is 0 Å². The molecule has 0 spiro atoms. The fourth-order valence-electron chi connectivity index (χ4n) is 4.03. The van der Waals surface area contributed by atoms with Crippen molar-refractivity contribution in [1.82, 2.24) is 4.90 Å². The molecule has 0 N–H and O–H groups in total. The SMILES string of the molecule is CC(C)C(C(=O)N1CCC[C@H]1C(C)C)C1CCCOC1. The summed E-state index contributed by atoms with van der Waals surface area (Å²) in [6.45, 7) is 11.5. The van der Waals surface area contributed by atoms with Gasteiger partial charge in [-0.3, -0.25) is 4.79 Å². The normalized spacial score (nSPS) is 29.2. The first-order valence-electron chi connectivity index (χ1n) is 8.40. The van der Waals surface area contributed by atoms with Gasteiger partial charge in [0.15, 0.2) is 0 Å². The van der Waals surface area contributed by atoms with Gasteiger partial charge in [-0.2, -0.15) is 0 Å². The van der Waals surface area contributed by atoms with Crippen molar-refractivity contribution in [2.45, 2.75) is 59.4 Å². The van der Waals surface area contributed by atoms with E-state index in [1.165, 1.54) is 12.8 Å². The maximum absolute atomic E-state index is 13.1. The van der Waals surface area contributed by atoms with Gasteiger partial charge in [0.1, 0.15) is 0 Å². The van der Waals surface area contributed by atoms with Gasteiger partial charge in [0.2, 0.25) is 5.91 Å². The van der Waals surface area contributed by atoms with Crippen molar-refractivity contribution in [3.05, 3.63) is 0 Å². The third-order valence-electron chi connectivity index (χ3n) is 5.06. The van der Waals surface area contributed by atoms with Crippen molar-refractivity contribution < 1.29 is 9.53 Å². The number of ether oxygens (including phenoxy) is 1. The van der Waals surface area contributed by atoms with E-state index in [4.69, 9.17) is 4.74 Å². The fraction of sp³-hybridized carbons (Fsp3) is 0.941. The average Bonchev–Trinajstić information content (AvgIpc) is 2.89. The third kappa shape index (κ3) is 3.36. The van der Waals surface area contributed by atoms with Crippen LogP contribution in [-0.4, -0.2) is 36.6 Å². The molecule has 0 bridgehead atoms. The van der Waals surface area contributed by atoms with Crippen molar-refractivity contribution >= 4 is 5.91 Å². The monoisotopic (exact) mass is 281 g/mol. The van der Waals surface area contributed by atoms with Crippen molar-refractivity contribution in [2.75, 3.05) is 19.8 Å². The lowest BCUT2D eigenvalue weighted by Gasteiger charge is -2.37. The zero-order valence-electron chi connectivity index (χ0n) is 13.6. The molecule has 2 fully saturated rings. The van der Waals surface area contributed by atoms with Crippen molar-refractivity contribution in [1.29, 1.82) is 0 Å². The summed E-state index contributed by atoms with van der Waals surface area (Å²) in [7, 11) is 0. The number of hydrogen-bond acceptors (Lipinski definition) is 2. The lowest BCUT2D eigenvalue weighted by molar-refractivity contribution is -0.143. The van der Waals surface area contributed by atoms with Crippen molar-refractivity contribution in [3.8, 4) is 0 Å². The third-order valence-corrected chi connectivity index (χ3v) is 5.06. The van der Waals surface area contributed by atoms with E-state index in [-0.39, 0.29) is 5.92 Å². The number of amides is 1. The number of nitrogens with zero attached hydrogens (tertiary/aromatic N) is 1. The van der Waals surface area contributed by atoms with E-state index in [1.54, 1.807) is 0 Å². The minimum atomic E-state index is 0.148. The van der Waals surface area contributed by atoms with E-state index in [9.17, 15) is 4.79 Å². The van der Waals surface area contributed by atoms with Crippen LogP contribution in [0.3, 0.4) is 0 Å². The molecule has 2 unspecified atom stereocenters. The zero-order valence-corrected chi connectivity index (χ0v) is 13.6. The molecule has 0 aromatic heterocycles. The highest BCUT2D eigenvalue weighted by molar-refractivity contribution is 5.80. The number of rotatable bonds is 4. The standard InChI is InChI=1S/C17H31NO2/c1-12(2)15-8-5-9-18(15)17(19)16(13(3)4)14-7-6-10-20-11-14/h12-16H,5-11H2,1-4H3/t14?,15-,16?/m0/s1. The predicted octanol–water partition coefficient (Wildman–Crippen LogP) is 3.33. The molecule has 0 aromatic carbocycles. The average molecular weight is 281 g/mol. The Bertz CT molecular complexity index is 321. The van der Waals surface area contributed by atoms with Gasteiger partial charge in [-0.15, -0.1) is 0 Å². The zero-order chi connectivity index (χ0) is 14.7.